The Balaban J connectivity index is 1.82. The van der Waals surface area contributed by atoms with Crippen LogP contribution in [0.4, 0.5) is 20.3 Å². The normalized spacial score (nSPS) is 15.3. The van der Waals surface area contributed by atoms with Crippen LogP contribution >= 0.6 is 0 Å². The topological polar surface area (TPSA) is 64.5 Å². The molecule has 0 N–H and O–H groups in total. The predicted molar refractivity (Wildman–Crippen MR) is 104 cm³/mol. The zero-order valence-corrected chi connectivity index (χ0v) is 16.2. The number of aldehydes is 1. The molecule has 1 unspecified atom stereocenters. The van der Waals surface area contributed by atoms with Crippen LogP contribution in [-0.4, -0.2) is 37.5 Å². The molecule has 8 heteroatoms. The van der Waals surface area contributed by atoms with Crippen LogP contribution in [0.5, 0.6) is 11.5 Å². The number of halogens is 2. The minimum Gasteiger partial charge on any atom is -0.497 e. The highest BCUT2D eigenvalue weighted by atomic mass is 19.1. The number of nitrogens with zero attached hydrogens (tertiary/aromatic N) is 3. The summed E-state index contributed by atoms with van der Waals surface area (Å²) in [5.41, 5.74) is 0.809. The van der Waals surface area contributed by atoms with Gasteiger partial charge in [0, 0.05) is 19.0 Å². The van der Waals surface area contributed by atoms with E-state index in [1.807, 2.05) is 0 Å². The molecule has 4 rings (SSSR count). The molecular weight excluding hydrogens is 380 g/mol. The van der Waals surface area contributed by atoms with Crippen LogP contribution in [-0.2, 0) is 17.6 Å². The number of anilines is 2. The summed E-state index contributed by atoms with van der Waals surface area (Å²) in [6, 6.07) is 5.25. The molecule has 1 aromatic heterocycles. The minimum atomic E-state index is -0.620. The van der Waals surface area contributed by atoms with Crippen LogP contribution in [0.3, 0.4) is 0 Å². The van der Waals surface area contributed by atoms with E-state index in [0.29, 0.717) is 23.0 Å². The number of hydrogen-bond donors (Lipinski definition) is 0. The van der Waals surface area contributed by atoms with Gasteiger partial charge in [-0.05, 0) is 36.1 Å². The number of ether oxygens (including phenoxy) is 2. The van der Waals surface area contributed by atoms with Crippen molar-refractivity contribution in [2.75, 3.05) is 26.2 Å². The Labute approximate surface area is 166 Å². The van der Waals surface area contributed by atoms with Crippen molar-refractivity contribution in [2.24, 2.45) is 5.92 Å². The molecule has 0 spiro atoms. The van der Waals surface area contributed by atoms with Crippen molar-refractivity contribution < 1.29 is 23.0 Å². The Morgan fingerprint density at radius 2 is 1.79 bits per heavy atom. The first-order valence-electron chi connectivity index (χ1n) is 9.05. The molecule has 29 heavy (non-hydrogen) atoms. The maximum absolute atomic E-state index is 15.1. The first-order valence-corrected chi connectivity index (χ1v) is 9.05. The highest BCUT2D eigenvalue weighted by Gasteiger charge is 2.31. The summed E-state index contributed by atoms with van der Waals surface area (Å²) in [6.45, 7) is 0. The van der Waals surface area contributed by atoms with Crippen LogP contribution in [0.15, 0.2) is 24.4 Å². The highest BCUT2D eigenvalue weighted by Crippen LogP contribution is 2.37. The monoisotopic (exact) mass is 399 g/mol. The number of methoxy groups -OCH3 is 2. The lowest BCUT2D eigenvalue weighted by Crippen LogP contribution is -2.13. The van der Waals surface area contributed by atoms with Crippen molar-refractivity contribution in [2.45, 2.75) is 12.8 Å². The summed E-state index contributed by atoms with van der Waals surface area (Å²) < 4.78 is 40.6. The van der Waals surface area contributed by atoms with Gasteiger partial charge in [-0.2, -0.15) is 0 Å². The van der Waals surface area contributed by atoms with Crippen LogP contribution in [0.1, 0.15) is 11.1 Å². The fraction of sp³-hybridized carbons (Fsp3) is 0.286. The average molecular weight is 399 g/mol. The molecule has 0 fully saturated rings. The molecule has 150 valence electrons. The fourth-order valence-electron chi connectivity index (χ4n) is 3.71. The highest BCUT2D eigenvalue weighted by molar-refractivity contribution is 5.81. The molecule has 0 amide bonds. The van der Waals surface area contributed by atoms with Gasteiger partial charge in [-0.3, -0.25) is 0 Å². The number of carbonyl (C=O) groups is 1. The van der Waals surface area contributed by atoms with Crippen molar-refractivity contribution in [1.29, 1.82) is 0 Å². The van der Waals surface area contributed by atoms with E-state index in [2.05, 4.69) is 9.97 Å². The number of fused-ring (bicyclic) bond motifs is 2. The molecule has 0 saturated heterocycles. The molecule has 0 saturated carbocycles. The van der Waals surface area contributed by atoms with Gasteiger partial charge < -0.3 is 19.2 Å². The van der Waals surface area contributed by atoms with E-state index in [4.69, 9.17) is 9.47 Å². The molecule has 1 aliphatic rings. The molecule has 3 aromatic rings. The molecule has 2 aromatic carbocycles. The minimum absolute atomic E-state index is 0.133. The molecule has 0 radical (unpaired) electrons. The lowest BCUT2D eigenvalue weighted by Gasteiger charge is -2.21. The average Bonchev–Trinajstić information content (AvgIpc) is 3.21. The second-order valence-electron chi connectivity index (χ2n) is 6.91. The summed E-state index contributed by atoms with van der Waals surface area (Å²) in [5, 5.41) is 0. The van der Waals surface area contributed by atoms with Crippen molar-refractivity contribution >= 4 is 28.8 Å². The molecule has 1 atom stereocenters. The van der Waals surface area contributed by atoms with E-state index in [1.165, 1.54) is 13.3 Å². The van der Waals surface area contributed by atoms with Crippen molar-refractivity contribution in [3.05, 3.63) is 47.2 Å². The van der Waals surface area contributed by atoms with Crippen molar-refractivity contribution in [3.8, 4) is 11.5 Å². The first kappa shape index (κ1) is 19.0. The summed E-state index contributed by atoms with van der Waals surface area (Å²) in [7, 11) is 4.81. The van der Waals surface area contributed by atoms with Gasteiger partial charge in [0.25, 0.3) is 0 Å². The number of hydrogen-bond acceptors (Lipinski definition) is 6. The third-order valence-electron chi connectivity index (χ3n) is 5.29. The zero-order valence-electron chi connectivity index (χ0n) is 16.2. The standard InChI is InChI=1S/C21H19F2N3O3/c1-26(15-5-4-12(28-2)8-16(15)29-3)17-9-24-20-18(22)13-6-11(10-27)7-14(13)19(23)21(20)25-17/h4-5,8-11H,6-7H2,1-3H3. The van der Waals surface area contributed by atoms with Gasteiger partial charge in [0.05, 0.1) is 26.1 Å². The van der Waals surface area contributed by atoms with Gasteiger partial charge >= 0.3 is 0 Å². The Bertz CT molecular complexity index is 1120. The van der Waals surface area contributed by atoms with Crippen molar-refractivity contribution in [1.82, 2.24) is 9.97 Å². The number of benzene rings is 2. The Kier molecular flexibility index (Phi) is 4.77. The van der Waals surface area contributed by atoms with Gasteiger partial charge in [0.15, 0.2) is 17.5 Å². The van der Waals surface area contributed by atoms with Gasteiger partial charge in [-0.15, -0.1) is 0 Å². The van der Waals surface area contributed by atoms with E-state index in [9.17, 15) is 9.18 Å². The summed E-state index contributed by atoms with van der Waals surface area (Å²) in [6.07, 6.45) is 2.47. The smallest absolute Gasteiger partial charge is 0.154 e. The molecule has 0 bridgehead atoms. The van der Waals surface area contributed by atoms with Gasteiger partial charge in [-0.1, -0.05) is 0 Å². The van der Waals surface area contributed by atoms with Crippen LogP contribution < -0.4 is 14.4 Å². The summed E-state index contributed by atoms with van der Waals surface area (Å²) >= 11 is 0. The van der Waals surface area contributed by atoms with Gasteiger partial charge in [0.1, 0.15) is 28.8 Å². The Hall–Kier alpha value is -3.29. The third-order valence-corrected chi connectivity index (χ3v) is 5.29. The molecule has 1 heterocycles. The van der Waals surface area contributed by atoms with E-state index in [-0.39, 0.29) is 35.0 Å². The number of carbonyl (C=O) groups excluding carboxylic acids is 1. The lowest BCUT2D eigenvalue weighted by atomic mass is 10.1. The van der Waals surface area contributed by atoms with E-state index < -0.39 is 17.6 Å². The SMILES string of the molecule is COc1ccc(N(C)c2cnc3c(F)c4c(c(F)c3n2)CC(C=O)C4)c(OC)c1. The Morgan fingerprint density at radius 3 is 2.41 bits per heavy atom. The molecule has 0 aliphatic heterocycles. The predicted octanol–water partition coefficient (Wildman–Crippen LogP) is 3.61. The van der Waals surface area contributed by atoms with Gasteiger partial charge in [0.2, 0.25) is 0 Å². The second kappa shape index (κ2) is 7.27. The molecule has 6 nitrogen and oxygen atoms in total. The maximum atomic E-state index is 15.1. The summed E-state index contributed by atoms with van der Waals surface area (Å²) in [4.78, 5) is 21.2. The van der Waals surface area contributed by atoms with Crippen molar-refractivity contribution in [3.63, 3.8) is 0 Å². The zero-order chi connectivity index (χ0) is 20.7. The second-order valence-corrected chi connectivity index (χ2v) is 6.91. The van der Waals surface area contributed by atoms with E-state index in [1.54, 1.807) is 37.3 Å². The molecule has 1 aliphatic carbocycles. The fourth-order valence-corrected chi connectivity index (χ4v) is 3.71. The largest absolute Gasteiger partial charge is 0.497 e. The molecular formula is C21H19F2N3O3. The first-order chi connectivity index (χ1) is 14.0. The maximum Gasteiger partial charge on any atom is 0.154 e. The Morgan fingerprint density at radius 1 is 1.10 bits per heavy atom. The van der Waals surface area contributed by atoms with Crippen LogP contribution in [0.25, 0.3) is 11.0 Å². The number of rotatable bonds is 5. The third kappa shape index (κ3) is 3.04. The summed E-state index contributed by atoms with van der Waals surface area (Å²) in [5.74, 6) is -0.171. The number of aromatic nitrogens is 2. The van der Waals surface area contributed by atoms with E-state index >= 15 is 4.39 Å². The lowest BCUT2D eigenvalue weighted by molar-refractivity contribution is -0.110. The quantitative estimate of drug-likeness (QED) is 0.611. The van der Waals surface area contributed by atoms with Crippen LogP contribution in [0, 0.1) is 17.6 Å². The van der Waals surface area contributed by atoms with E-state index in [0.717, 1.165) is 6.29 Å². The van der Waals surface area contributed by atoms with Crippen LogP contribution in [0.2, 0.25) is 0 Å². The van der Waals surface area contributed by atoms with Gasteiger partial charge in [-0.25, -0.2) is 18.7 Å².